The molecule has 2 amide bonds. The van der Waals surface area contributed by atoms with E-state index in [-0.39, 0.29) is 17.9 Å². The second kappa shape index (κ2) is 7.52. The van der Waals surface area contributed by atoms with E-state index in [1.807, 2.05) is 0 Å². The first-order valence-electron chi connectivity index (χ1n) is 7.12. The van der Waals surface area contributed by atoms with E-state index in [0.717, 1.165) is 6.42 Å². The number of hydrogen-bond acceptors (Lipinski definition) is 3. The topological polar surface area (TPSA) is 49.4 Å². The Morgan fingerprint density at radius 1 is 1.28 bits per heavy atom. The summed E-state index contributed by atoms with van der Waals surface area (Å²) >= 11 is 0. The Balaban J connectivity index is 2.18. The van der Waals surface area contributed by atoms with Crippen LogP contribution in [0.5, 0.6) is 0 Å². The Morgan fingerprint density at radius 2 is 1.94 bits per heavy atom. The van der Waals surface area contributed by atoms with Crippen LogP contribution >= 0.6 is 0 Å². The quantitative estimate of drug-likeness (QED) is 0.533. The van der Waals surface area contributed by atoms with Gasteiger partial charge in [0.2, 0.25) is 11.8 Å². The number of unbranched alkanes of at least 4 members (excludes halogenated alkanes) is 4. The molecule has 1 rings (SSSR count). The first kappa shape index (κ1) is 15.2. The van der Waals surface area contributed by atoms with Crippen LogP contribution in [0.3, 0.4) is 0 Å². The molecule has 0 saturated carbocycles. The average molecular weight is 254 g/mol. The van der Waals surface area contributed by atoms with Crippen LogP contribution in [0, 0.1) is 0 Å². The van der Waals surface area contributed by atoms with Crippen molar-refractivity contribution < 1.29 is 9.59 Å². The van der Waals surface area contributed by atoms with E-state index in [2.05, 4.69) is 19.2 Å². The van der Waals surface area contributed by atoms with Crippen molar-refractivity contribution in [2.24, 2.45) is 0 Å². The molecular weight excluding hydrogens is 228 g/mol. The predicted octanol–water partition coefficient (Wildman–Crippen LogP) is 2.08. The highest BCUT2D eigenvalue weighted by Crippen LogP contribution is 2.13. The number of amides is 2. The van der Waals surface area contributed by atoms with E-state index in [0.29, 0.717) is 12.5 Å². The molecule has 18 heavy (non-hydrogen) atoms. The normalized spacial score (nSPS) is 21.7. The van der Waals surface area contributed by atoms with Crippen molar-refractivity contribution in [2.75, 3.05) is 7.05 Å². The van der Waals surface area contributed by atoms with Gasteiger partial charge in [-0.05, 0) is 13.3 Å². The van der Waals surface area contributed by atoms with Gasteiger partial charge in [0.25, 0.3) is 0 Å². The molecule has 0 bridgehead atoms. The highest BCUT2D eigenvalue weighted by molar-refractivity contribution is 6.05. The molecule has 2 unspecified atom stereocenters. The van der Waals surface area contributed by atoms with E-state index >= 15 is 0 Å². The molecule has 2 atom stereocenters. The Labute approximate surface area is 110 Å². The molecular formula is C14H26N2O2. The molecule has 4 heteroatoms. The fourth-order valence-electron chi connectivity index (χ4n) is 2.37. The molecule has 1 fully saturated rings. The molecule has 1 saturated heterocycles. The van der Waals surface area contributed by atoms with Gasteiger partial charge in [0.05, 0.1) is 12.5 Å². The van der Waals surface area contributed by atoms with E-state index in [1.54, 1.807) is 7.05 Å². The zero-order valence-corrected chi connectivity index (χ0v) is 11.9. The molecule has 0 radical (unpaired) electrons. The number of likely N-dealkylation sites (tertiary alicyclic amines) is 1. The molecule has 1 aliphatic heterocycles. The number of carbonyl (C=O) groups is 2. The van der Waals surface area contributed by atoms with Crippen molar-refractivity contribution in [3.8, 4) is 0 Å². The summed E-state index contributed by atoms with van der Waals surface area (Å²) in [6, 6.07) is 0.00742. The fraction of sp³-hybridized carbons (Fsp3) is 0.857. The second-order valence-corrected chi connectivity index (χ2v) is 5.32. The number of rotatable bonds is 8. The van der Waals surface area contributed by atoms with Gasteiger partial charge < -0.3 is 5.32 Å². The molecule has 1 N–H and O–H groups in total. The van der Waals surface area contributed by atoms with E-state index in [4.69, 9.17) is 0 Å². The van der Waals surface area contributed by atoms with Gasteiger partial charge in [-0.15, -0.1) is 0 Å². The average Bonchev–Trinajstić information content (AvgIpc) is 2.57. The van der Waals surface area contributed by atoms with Crippen LogP contribution in [-0.4, -0.2) is 35.8 Å². The van der Waals surface area contributed by atoms with Crippen LogP contribution in [0.15, 0.2) is 0 Å². The van der Waals surface area contributed by atoms with Crippen LogP contribution < -0.4 is 5.32 Å². The first-order valence-corrected chi connectivity index (χ1v) is 7.12. The molecule has 0 aliphatic carbocycles. The smallest absolute Gasteiger partial charge is 0.246 e. The summed E-state index contributed by atoms with van der Waals surface area (Å²) in [5, 5.41) is 3.27. The molecule has 0 aromatic rings. The standard InChI is InChI=1S/C14H26N2O2/c1-4-5-6-7-8-9-11(2)15-12-10-13(17)16(3)14(12)18/h11-12,15H,4-10H2,1-3H3. The molecule has 4 nitrogen and oxygen atoms in total. The maximum atomic E-state index is 11.7. The van der Waals surface area contributed by atoms with Crippen molar-refractivity contribution in [2.45, 2.75) is 70.9 Å². The summed E-state index contributed by atoms with van der Waals surface area (Å²) in [7, 11) is 1.56. The summed E-state index contributed by atoms with van der Waals surface area (Å²) in [6.45, 7) is 4.30. The minimum Gasteiger partial charge on any atom is -0.303 e. The van der Waals surface area contributed by atoms with Gasteiger partial charge >= 0.3 is 0 Å². The monoisotopic (exact) mass is 254 g/mol. The molecule has 0 aromatic heterocycles. The van der Waals surface area contributed by atoms with Crippen molar-refractivity contribution >= 4 is 11.8 Å². The minimum atomic E-state index is -0.298. The zero-order valence-electron chi connectivity index (χ0n) is 11.9. The SMILES string of the molecule is CCCCCCCC(C)NC1CC(=O)N(C)C1=O. The maximum absolute atomic E-state index is 11.7. The van der Waals surface area contributed by atoms with Crippen molar-refractivity contribution in [1.29, 1.82) is 0 Å². The summed E-state index contributed by atoms with van der Waals surface area (Å²) in [5.74, 6) is -0.162. The third-order valence-corrected chi connectivity index (χ3v) is 3.61. The number of imide groups is 1. The number of nitrogens with zero attached hydrogens (tertiary/aromatic N) is 1. The van der Waals surface area contributed by atoms with E-state index < -0.39 is 0 Å². The maximum Gasteiger partial charge on any atom is 0.246 e. The molecule has 0 aromatic carbocycles. The number of likely N-dealkylation sites (N-methyl/N-ethyl adjacent to an activating group) is 1. The lowest BCUT2D eigenvalue weighted by molar-refractivity contribution is -0.137. The third-order valence-electron chi connectivity index (χ3n) is 3.61. The Morgan fingerprint density at radius 3 is 2.50 bits per heavy atom. The van der Waals surface area contributed by atoms with Crippen molar-refractivity contribution in [1.82, 2.24) is 10.2 Å². The third kappa shape index (κ3) is 4.41. The summed E-state index contributed by atoms with van der Waals surface area (Å²) in [6.07, 6.45) is 7.71. The van der Waals surface area contributed by atoms with Crippen LogP contribution in [0.25, 0.3) is 0 Å². The Hall–Kier alpha value is -0.900. The van der Waals surface area contributed by atoms with Gasteiger partial charge in [0.1, 0.15) is 0 Å². The van der Waals surface area contributed by atoms with Gasteiger partial charge in [-0.25, -0.2) is 0 Å². The van der Waals surface area contributed by atoms with Crippen LogP contribution in [0.2, 0.25) is 0 Å². The molecule has 0 spiro atoms. The number of nitrogens with one attached hydrogen (secondary N) is 1. The number of hydrogen-bond donors (Lipinski definition) is 1. The lowest BCUT2D eigenvalue weighted by Gasteiger charge is -2.17. The van der Waals surface area contributed by atoms with Crippen LogP contribution in [-0.2, 0) is 9.59 Å². The minimum absolute atomic E-state index is 0.0763. The van der Waals surface area contributed by atoms with Crippen molar-refractivity contribution in [3.63, 3.8) is 0 Å². The van der Waals surface area contributed by atoms with Gasteiger partial charge in [-0.1, -0.05) is 39.0 Å². The Kier molecular flexibility index (Phi) is 6.33. The zero-order chi connectivity index (χ0) is 13.5. The van der Waals surface area contributed by atoms with Gasteiger partial charge in [-0.3, -0.25) is 14.5 Å². The lowest BCUT2D eigenvalue weighted by atomic mass is 10.1. The summed E-state index contributed by atoms with van der Waals surface area (Å²) < 4.78 is 0. The van der Waals surface area contributed by atoms with Gasteiger partial charge in [-0.2, -0.15) is 0 Å². The summed E-state index contributed by atoms with van der Waals surface area (Å²) in [4.78, 5) is 24.3. The lowest BCUT2D eigenvalue weighted by Crippen LogP contribution is -2.41. The van der Waals surface area contributed by atoms with Crippen LogP contribution in [0.4, 0.5) is 0 Å². The number of carbonyl (C=O) groups excluding carboxylic acids is 2. The highest BCUT2D eigenvalue weighted by Gasteiger charge is 2.36. The Bertz CT molecular complexity index is 292. The first-order chi connectivity index (χ1) is 8.56. The van der Waals surface area contributed by atoms with E-state index in [9.17, 15) is 9.59 Å². The summed E-state index contributed by atoms with van der Waals surface area (Å²) in [5.41, 5.74) is 0. The van der Waals surface area contributed by atoms with Gasteiger partial charge in [0.15, 0.2) is 0 Å². The van der Waals surface area contributed by atoms with Gasteiger partial charge in [0, 0.05) is 13.1 Å². The van der Waals surface area contributed by atoms with E-state index in [1.165, 1.54) is 37.0 Å². The molecule has 1 aliphatic rings. The predicted molar refractivity (Wildman–Crippen MR) is 72.2 cm³/mol. The second-order valence-electron chi connectivity index (χ2n) is 5.32. The van der Waals surface area contributed by atoms with Crippen LogP contribution in [0.1, 0.15) is 58.8 Å². The fourth-order valence-corrected chi connectivity index (χ4v) is 2.37. The van der Waals surface area contributed by atoms with Crippen molar-refractivity contribution in [3.05, 3.63) is 0 Å². The largest absolute Gasteiger partial charge is 0.303 e. The molecule has 1 heterocycles. The highest BCUT2D eigenvalue weighted by atomic mass is 16.2. The molecule has 104 valence electrons.